The van der Waals surface area contributed by atoms with Gasteiger partial charge in [-0.3, -0.25) is 0 Å². The fraction of sp³-hybridized carbons (Fsp3) is 0.929. The van der Waals surface area contributed by atoms with Crippen molar-refractivity contribution in [2.75, 3.05) is 6.61 Å². The van der Waals surface area contributed by atoms with Crippen LogP contribution < -0.4 is 5.32 Å². The Balaban J connectivity index is 4.51. The first-order chi connectivity index (χ1) is 7.97. The molecule has 0 aliphatic rings. The number of rotatable bonds is 5. The second kappa shape index (κ2) is 6.41. The molecule has 1 amide bonds. The molecule has 0 saturated heterocycles. The average Bonchev–Trinajstić information content (AvgIpc) is 2.13. The first-order valence-electron chi connectivity index (χ1n) is 6.57. The van der Waals surface area contributed by atoms with E-state index in [9.17, 15) is 9.90 Å². The number of carbonyl (C=O) groups is 1. The minimum Gasteiger partial charge on any atom is -0.444 e. The number of aliphatic hydroxyl groups is 1. The van der Waals surface area contributed by atoms with E-state index in [2.05, 4.69) is 19.2 Å². The topological polar surface area (TPSA) is 58.6 Å². The molecule has 0 rings (SSSR count). The highest BCUT2D eigenvalue weighted by molar-refractivity contribution is 5.68. The van der Waals surface area contributed by atoms with Crippen LogP contribution in [0.25, 0.3) is 0 Å². The quantitative estimate of drug-likeness (QED) is 0.798. The van der Waals surface area contributed by atoms with Crippen LogP contribution in [0.2, 0.25) is 0 Å². The van der Waals surface area contributed by atoms with Crippen LogP contribution in [0.3, 0.4) is 0 Å². The first kappa shape index (κ1) is 17.2. The summed E-state index contributed by atoms with van der Waals surface area (Å²) in [6, 6.07) is 0.00185. The molecule has 0 heterocycles. The maximum Gasteiger partial charge on any atom is 0.407 e. The van der Waals surface area contributed by atoms with Crippen LogP contribution in [0.5, 0.6) is 0 Å². The number of alkyl carbamates (subject to hydrolysis) is 1. The van der Waals surface area contributed by atoms with E-state index in [-0.39, 0.29) is 18.1 Å². The Kier molecular flexibility index (Phi) is 6.14. The van der Waals surface area contributed by atoms with Crippen molar-refractivity contribution in [2.24, 2.45) is 11.3 Å². The zero-order valence-corrected chi connectivity index (χ0v) is 12.8. The van der Waals surface area contributed by atoms with E-state index in [4.69, 9.17) is 4.74 Å². The number of nitrogens with one attached hydrogen (secondary N) is 1. The standard InChI is InChI=1S/C14H29NO3/c1-10(2)11(8-14(6,7)9-16)15-12(17)18-13(3,4)5/h10-11,16H,8-9H2,1-7H3,(H,15,17). The molecular formula is C14H29NO3. The van der Waals surface area contributed by atoms with Crippen molar-refractivity contribution in [2.45, 2.75) is 66.5 Å². The van der Waals surface area contributed by atoms with Crippen molar-refractivity contribution in [3.05, 3.63) is 0 Å². The lowest BCUT2D eigenvalue weighted by atomic mass is 9.83. The minimum absolute atomic E-state index is 0.00185. The van der Waals surface area contributed by atoms with Crippen molar-refractivity contribution >= 4 is 6.09 Å². The predicted octanol–water partition coefficient (Wildman–Crippen LogP) is 2.94. The largest absolute Gasteiger partial charge is 0.444 e. The van der Waals surface area contributed by atoms with Crippen molar-refractivity contribution in [1.82, 2.24) is 5.32 Å². The fourth-order valence-corrected chi connectivity index (χ4v) is 1.57. The van der Waals surface area contributed by atoms with Gasteiger partial charge >= 0.3 is 6.09 Å². The number of ether oxygens (including phenoxy) is 1. The lowest BCUT2D eigenvalue weighted by Gasteiger charge is -2.31. The van der Waals surface area contributed by atoms with Crippen LogP contribution in [0.1, 0.15) is 54.9 Å². The van der Waals surface area contributed by atoms with E-state index in [0.29, 0.717) is 5.92 Å². The van der Waals surface area contributed by atoms with Crippen molar-refractivity contribution in [1.29, 1.82) is 0 Å². The van der Waals surface area contributed by atoms with Crippen LogP contribution in [0, 0.1) is 11.3 Å². The smallest absolute Gasteiger partial charge is 0.407 e. The highest BCUT2D eigenvalue weighted by atomic mass is 16.6. The number of carbonyl (C=O) groups excluding carboxylic acids is 1. The molecule has 4 heteroatoms. The lowest BCUT2D eigenvalue weighted by molar-refractivity contribution is 0.0454. The summed E-state index contributed by atoms with van der Waals surface area (Å²) in [5, 5.41) is 12.2. The zero-order valence-electron chi connectivity index (χ0n) is 12.8. The van der Waals surface area contributed by atoms with Gasteiger partial charge in [-0.15, -0.1) is 0 Å². The summed E-state index contributed by atoms with van der Waals surface area (Å²) in [6.07, 6.45) is 0.329. The maximum absolute atomic E-state index is 11.8. The highest BCUT2D eigenvalue weighted by Crippen LogP contribution is 2.24. The van der Waals surface area contributed by atoms with E-state index < -0.39 is 11.7 Å². The van der Waals surface area contributed by atoms with Gasteiger partial charge in [0.1, 0.15) is 5.60 Å². The molecule has 0 spiro atoms. The monoisotopic (exact) mass is 259 g/mol. The summed E-state index contributed by atoms with van der Waals surface area (Å²) in [6.45, 7) is 13.7. The number of aliphatic hydroxyl groups excluding tert-OH is 1. The number of hydrogen-bond acceptors (Lipinski definition) is 3. The van der Waals surface area contributed by atoms with Crippen LogP contribution >= 0.6 is 0 Å². The summed E-state index contributed by atoms with van der Waals surface area (Å²) in [5.74, 6) is 0.295. The third-order valence-corrected chi connectivity index (χ3v) is 2.71. The third kappa shape index (κ3) is 7.54. The minimum atomic E-state index is -0.488. The van der Waals surface area contributed by atoms with Gasteiger partial charge in [0, 0.05) is 12.6 Å². The maximum atomic E-state index is 11.8. The molecule has 0 saturated carbocycles. The van der Waals surface area contributed by atoms with Crippen molar-refractivity contribution in [3.8, 4) is 0 Å². The molecule has 0 bridgehead atoms. The van der Waals surface area contributed by atoms with E-state index in [1.165, 1.54) is 0 Å². The number of hydrogen-bond donors (Lipinski definition) is 2. The van der Waals surface area contributed by atoms with Crippen LogP contribution in [0.15, 0.2) is 0 Å². The molecule has 0 aromatic rings. The van der Waals surface area contributed by atoms with Crippen LogP contribution in [-0.4, -0.2) is 29.4 Å². The summed E-state index contributed by atoms with van der Waals surface area (Å²) in [5.41, 5.74) is -0.692. The van der Waals surface area contributed by atoms with Crippen LogP contribution in [0.4, 0.5) is 4.79 Å². The van der Waals surface area contributed by atoms with E-state index in [1.54, 1.807) is 0 Å². The van der Waals surface area contributed by atoms with E-state index >= 15 is 0 Å². The van der Waals surface area contributed by atoms with Crippen LogP contribution in [-0.2, 0) is 4.74 Å². The van der Waals surface area contributed by atoms with E-state index in [1.807, 2.05) is 34.6 Å². The molecule has 0 radical (unpaired) electrons. The molecule has 1 atom stereocenters. The summed E-state index contributed by atoms with van der Waals surface area (Å²) in [4.78, 5) is 11.8. The Morgan fingerprint density at radius 1 is 1.22 bits per heavy atom. The lowest BCUT2D eigenvalue weighted by Crippen LogP contribution is -2.44. The SMILES string of the molecule is CC(C)C(CC(C)(C)CO)NC(=O)OC(C)(C)C. The molecule has 0 aliphatic carbocycles. The molecule has 0 aromatic carbocycles. The average molecular weight is 259 g/mol. The Hall–Kier alpha value is -0.770. The van der Waals surface area contributed by atoms with Gasteiger partial charge < -0.3 is 15.2 Å². The Bertz CT molecular complexity index is 267. The Morgan fingerprint density at radius 3 is 2.06 bits per heavy atom. The van der Waals surface area contributed by atoms with E-state index in [0.717, 1.165) is 6.42 Å². The van der Waals surface area contributed by atoms with Gasteiger partial charge in [-0.2, -0.15) is 0 Å². The number of amides is 1. The molecule has 2 N–H and O–H groups in total. The van der Waals surface area contributed by atoms with Crippen molar-refractivity contribution in [3.63, 3.8) is 0 Å². The highest BCUT2D eigenvalue weighted by Gasteiger charge is 2.27. The fourth-order valence-electron chi connectivity index (χ4n) is 1.57. The molecule has 0 aliphatic heterocycles. The molecule has 0 fully saturated rings. The second-order valence-electron chi connectivity index (χ2n) is 7.02. The summed E-state index contributed by atoms with van der Waals surface area (Å²) < 4.78 is 5.25. The van der Waals surface area contributed by atoms with Gasteiger partial charge in [-0.1, -0.05) is 27.7 Å². The normalized spacial score (nSPS) is 14.5. The van der Waals surface area contributed by atoms with Gasteiger partial charge in [0.25, 0.3) is 0 Å². The van der Waals surface area contributed by atoms with Gasteiger partial charge in [-0.25, -0.2) is 4.79 Å². The molecule has 108 valence electrons. The van der Waals surface area contributed by atoms with Gasteiger partial charge in [0.05, 0.1) is 0 Å². The molecule has 1 unspecified atom stereocenters. The van der Waals surface area contributed by atoms with Gasteiger partial charge in [0.15, 0.2) is 0 Å². The molecular weight excluding hydrogens is 230 g/mol. The van der Waals surface area contributed by atoms with Gasteiger partial charge in [-0.05, 0) is 38.5 Å². The van der Waals surface area contributed by atoms with Crippen molar-refractivity contribution < 1.29 is 14.6 Å². The molecule has 18 heavy (non-hydrogen) atoms. The summed E-state index contributed by atoms with van der Waals surface area (Å²) >= 11 is 0. The molecule has 4 nitrogen and oxygen atoms in total. The summed E-state index contributed by atoms with van der Waals surface area (Å²) in [7, 11) is 0. The second-order valence-corrected chi connectivity index (χ2v) is 7.02. The molecule has 0 aromatic heterocycles. The predicted molar refractivity (Wildman–Crippen MR) is 73.5 cm³/mol. The third-order valence-electron chi connectivity index (χ3n) is 2.71. The van der Waals surface area contributed by atoms with Gasteiger partial charge in [0.2, 0.25) is 0 Å². The zero-order chi connectivity index (χ0) is 14.6. The Labute approximate surface area is 111 Å². The first-order valence-corrected chi connectivity index (χ1v) is 6.57. The Morgan fingerprint density at radius 2 is 1.72 bits per heavy atom.